The fraction of sp³-hybridized carbons (Fsp3) is 0.188. The van der Waals surface area contributed by atoms with E-state index >= 15 is 0 Å². The van der Waals surface area contributed by atoms with Gasteiger partial charge in [-0.25, -0.2) is 0 Å². The molecule has 0 saturated heterocycles. The van der Waals surface area contributed by atoms with E-state index < -0.39 is 11.6 Å². The average molecular weight is 256 g/mol. The normalized spacial score (nSPS) is 11.1. The zero-order chi connectivity index (χ0) is 13.7. The summed E-state index contributed by atoms with van der Waals surface area (Å²) < 4.78 is 4.69. The lowest BCUT2D eigenvalue weighted by Crippen LogP contribution is -2.31. The highest BCUT2D eigenvalue weighted by molar-refractivity contribution is 5.72. The molecule has 3 nitrogen and oxygen atoms in total. The zero-order valence-corrected chi connectivity index (χ0v) is 10.7. The number of benzene rings is 2. The minimum atomic E-state index is -1.37. The third kappa shape index (κ3) is 2.83. The van der Waals surface area contributed by atoms with E-state index in [0.717, 1.165) is 0 Å². The number of esters is 1. The fourth-order valence-electron chi connectivity index (χ4n) is 2.08. The summed E-state index contributed by atoms with van der Waals surface area (Å²) in [6.45, 7) is 0. The predicted molar refractivity (Wildman–Crippen MR) is 72.5 cm³/mol. The first-order valence-electron chi connectivity index (χ1n) is 6.07. The molecule has 19 heavy (non-hydrogen) atoms. The van der Waals surface area contributed by atoms with Crippen molar-refractivity contribution >= 4 is 5.97 Å². The lowest BCUT2D eigenvalue weighted by Gasteiger charge is -2.28. The van der Waals surface area contributed by atoms with Crippen molar-refractivity contribution in [3.63, 3.8) is 0 Å². The second-order valence-electron chi connectivity index (χ2n) is 4.35. The largest absolute Gasteiger partial charge is 0.469 e. The Bertz CT molecular complexity index is 495. The molecule has 2 rings (SSSR count). The van der Waals surface area contributed by atoms with E-state index in [-0.39, 0.29) is 6.42 Å². The summed E-state index contributed by atoms with van der Waals surface area (Å²) in [5.41, 5.74) is -0.0199. The van der Waals surface area contributed by atoms with Gasteiger partial charge in [-0.05, 0) is 11.1 Å². The first-order valence-corrected chi connectivity index (χ1v) is 6.07. The van der Waals surface area contributed by atoms with Crippen LogP contribution < -0.4 is 0 Å². The van der Waals surface area contributed by atoms with Crippen LogP contribution in [-0.4, -0.2) is 18.2 Å². The number of ether oxygens (including phenoxy) is 1. The van der Waals surface area contributed by atoms with Crippen molar-refractivity contribution in [3.05, 3.63) is 71.8 Å². The van der Waals surface area contributed by atoms with Crippen LogP contribution in [0.5, 0.6) is 0 Å². The van der Waals surface area contributed by atoms with E-state index in [1.54, 1.807) is 24.3 Å². The van der Waals surface area contributed by atoms with Crippen LogP contribution in [0.15, 0.2) is 60.7 Å². The van der Waals surface area contributed by atoms with Gasteiger partial charge in [-0.1, -0.05) is 60.7 Å². The average Bonchev–Trinajstić information content (AvgIpc) is 2.48. The number of hydrogen-bond acceptors (Lipinski definition) is 3. The topological polar surface area (TPSA) is 46.5 Å². The summed E-state index contributed by atoms with van der Waals surface area (Å²) in [6, 6.07) is 18.3. The third-order valence-electron chi connectivity index (χ3n) is 3.13. The van der Waals surface area contributed by atoms with Crippen LogP contribution in [0, 0.1) is 0 Å². The van der Waals surface area contributed by atoms with Gasteiger partial charge in [-0.3, -0.25) is 4.79 Å². The summed E-state index contributed by atoms with van der Waals surface area (Å²) in [4.78, 5) is 11.6. The van der Waals surface area contributed by atoms with E-state index in [0.29, 0.717) is 11.1 Å². The van der Waals surface area contributed by atoms with E-state index in [4.69, 9.17) is 0 Å². The molecule has 0 radical (unpaired) electrons. The smallest absolute Gasteiger partial charge is 0.309 e. The first-order chi connectivity index (χ1) is 9.16. The molecular weight excluding hydrogens is 240 g/mol. The Morgan fingerprint density at radius 3 is 1.79 bits per heavy atom. The summed E-state index contributed by atoms with van der Waals surface area (Å²) in [5, 5.41) is 11.0. The van der Waals surface area contributed by atoms with Crippen molar-refractivity contribution < 1.29 is 14.6 Å². The summed E-state index contributed by atoms with van der Waals surface area (Å²) in [7, 11) is 1.32. The number of rotatable bonds is 4. The molecule has 0 aliphatic heterocycles. The van der Waals surface area contributed by atoms with Crippen LogP contribution >= 0.6 is 0 Å². The molecule has 0 heterocycles. The summed E-state index contributed by atoms with van der Waals surface area (Å²) in [5.74, 6) is -0.449. The molecular formula is C16H16O3. The Balaban J connectivity index is 2.47. The number of methoxy groups -OCH3 is 1. The van der Waals surface area contributed by atoms with Crippen molar-refractivity contribution in [2.45, 2.75) is 12.0 Å². The van der Waals surface area contributed by atoms with Crippen LogP contribution in [0.4, 0.5) is 0 Å². The first kappa shape index (κ1) is 13.3. The van der Waals surface area contributed by atoms with Gasteiger partial charge in [-0.2, -0.15) is 0 Å². The van der Waals surface area contributed by atoms with Crippen LogP contribution in [0.3, 0.4) is 0 Å². The van der Waals surface area contributed by atoms with E-state index in [2.05, 4.69) is 4.74 Å². The van der Waals surface area contributed by atoms with Crippen LogP contribution in [-0.2, 0) is 15.1 Å². The van der Waals surface area contributed by atoms with Gasteiger partial charge in [0.1, 0.15) is 5.60 Å². The summed E-state index contributed by atoms with van der Waals surface area (Å²) in [6.07, 6.45) is -0.114. The molecule has 0 amide bonds. The second kappa shape index (κ2) is 5.67. The van der Waals surface area contributed by atoms with Crippen LogP contribution in [0.25, 0.3) is 0 Å². The third-order valence-corrected chi connectivity index (χ3v) is 3.13. The molecule has 0 fully saturated rings. The molecule has 0 unspecified atom stereocenters. The standard InChI is InChI=1S/C16H16O3/c1-19-15(17)12-16(18,13-8-4-2-5-9-13)14-10-6-3-7-11-14/h2-11,18H,12H2,1H3. The van der Waals surface area contributed by atoms with Crippen molar-refractivity contribution in [2.24, 2.45) is 0 Å². The molecule has 2 aromatic rings. The molecule has 0 spiro atoms. The number of carbonyl (C=O) groups is 1. The maximum absolute atomic E-state index is 11.6. The number of aliphatic hydroxyl groups is 1. The SMILES string of the molecule is COC(=O)CC(O)(c1ccccc1)c1ccccc1. The predicted octanol–water partition coefficient (Wildman–Crippen LogP) is 2.49. The Morgan fingerprint density at radius 1 is 1.00 bits per heavy atom. The molecule has 3 heteroatoms. The molecule has 0 saturated carbocycles. The van der Waals surface area contributed by atoms with Crippen molar-refractivity contribution in [1.29, 1.82) is 0 Å². The van der Waals surface area contributed by atoms with E-state index in [9.17, 15) is 9.90 Å². The van der Waals surface area contributed by atoms with Crippen LogP contribution in [0.2, 0.25) is 0 Å². The van der Waals surface area contributed by atoms with E-state index in [1.165, 1.54) is 7.11 Å². The molecule has 2 aromatic carbocycles. The highest BCUT2D eigenvalue weighted by Crippen LogP contribution is 2.33. The number of carbonyl (C=O) groups excluding carboxylic acids is 1. The highest BCUT2D eigenvalue weighted by atomic mass is 16.5. The second-order valence-corrected chi connectivity index (χ2v) is 4.35. The van der Waals surface area contributed by atoms with Gasteiger partial charge in [0.2, 0.25) is 0 Å². The van der Waals surface area contributed by atoms with Crippen molar-refractivity contribution in [2.75, 3.05) is 7.11 Å². The molecule has 0 aliphatic rings. The van der Waals surface area contributed by atoms with Gasteiger partial charge in [0.05, 0.1) is 13.5 Å². The van der Waals surface area contributed by atoms with Gasteiger partial charge in [0.25, 0.3) is 0 Å². The van der Waals surface area contributed by atoms with Gasteiger partial charge >= 0.3 is 5.97 Å². The van der Waals surface area contributed by atoms with Gasteiger partial charge in [0.15, 0.2) is 0 Å². The Hall–Kier alpha value is -2.13. The molecule has 1 N–H and O–H groups in total. The molecule has 0 atom stereocenters. The minimum Gasteiger partial charge on any atom is -0.469 e. The van der Waals surface area contributed by atoms with Gasteiger partial charge < -0.3 is 9.84 Å². The fourth-order valence-corrected chi connectivity index (χ4v) is 2.08. The lowest BCUT2D eigenvalue weighted by atomic mass is 9.83. The highest BCUT2D eigenvalue weighted by Gasteiger charge is 2.34. The Kier molecular flexibility index (Phi) is 3.97. The quantitative estimate of drug-likeness (QED) is 0.855. The Labute approximate surface area is 112 Å². The lowest BCUT2D eigenvalue weighted by molar-refractivity contribution is -0.145. The molecule has 98 valence electrons. The van der Waals surface area contributed by atoms with Crippen molar-refractivity contribution in [1.82, 2.24) is 0 Å². The van der Waals surface area contributed by atoms with Crippen molar-refractivity contribution in [3.8, 4) is 0 Å². The van der Waals surface area contributed by atoms with E-state index in [1.807, 2.05) is 36.4 Å². The zero-order valence-electron chi connectivity index (χ0n) is 10.7. The molecule has 0 bridgehead atoms. The summed E-state index contributed by atoms with van der Waals surface area (Å²) >= 11 is 0. The molecule has 0 aromatic heterocycles. The maximum atomic E-state index is 11.6. The molecule has 0 aliphatic carbocycles. The maximum Gasteiger partial charge on any atom is 0.309 e. The monoisotopic (exact) mass is 256 g/mol. The van der Waals surface area contributed by atoms with Gasteiger partial charge in [0, 0.05) is 0 Å². The minimum absolute atomic E-state index is 0.114. The van der Waals surface area contributed by atoms with Crippen LogP contribution in [0.1, 0.15) is 17.5 Å². The van der Waals surface area contributed by atoms with Gasteiger partial charge in [-0.15, -0.1) is 0 Å². The Morgan fingerprint density at radius 2 is 1.42 bits per heavy atom. The number of hydrogen-bond donors (Lipinski definition) is 1.